The number of carbonyl (C=O) groups excluding carboxylic acids is 1. The summed E-state index contributed by atoms with van der Waals surface area (Å²) in [4.78, 5) is 12.2. The Morgan fingerprint density at radius 1 is 1.40 bits per heavy atom. The lowest BCUT2D eigenvalue weighted by atomic mass is 10.4. The number of nitrogens with zero attached hydrogens (tertiary/aromatic N) is 1. The first kappa shape index (κ1) is 8.08. The predicted octanol–water partition coefficient (Wildman–Crippen LogP) is 0.535. The number of hydrogen-bond donors (Lipinski definition) is 0. The normalized spacial score (nSPS) is 20.8. The maximum Gasteiger partial charge on any atom is 0.199 e. The van der Waals surface area contributed by atoms with Crippen LogP contribution in [0.3, 0.4) is 0 Å². The average Bonchev–Trinajstić information content (AvgIpc) is 2.03. The zero-order valence-corrected chi connectivity index (χ0v) is 6.82. The van der Waals surface area contributed by atoms with Crippen LogP contribution in [0.25, 0.3) is 0 Å². The predicted molar refractivity (Wildman–Crippen MR) is 44.1 cm³/mol. The maximum atomic E-state index is 9.89. The van der Waals surface area contributed by atoms with Gasteiger partial charge in [-0.1, -0.05) is 0 Å². The summed E-state index contributed by atoms with van der Waals surface area (Å²) in [7, 11) is 0. The van der Waals surface area contributed by atoms with Gasteiger partial charge >= 0.3 is 0 Å². The summed E-state index contributed by atoms with van der Waals surface area (Å²) >= 11 is 1.99. The van der Waals surface area contributed by atoms with Crippen molar-refractivity contribution in [3.8, 4) is 0 Å². The average molecular weight is 158 g/mol. The van der Waals surface area contributed by atoms with Crippen molar-refractivity contribution in [2.45, 2.75) is 6.42 Å². The second-order valence-corrected chi connectivity index (χ2v) is 3.57. The van der Waals surface area contributed by atoms with Crippen LogP contribution in [0.1, 0.15) is 6.42 Å². The number of hydrogen-bond acceptors (Lipinski definition) is 3. The van der Waals surface area contributed by atoms with Crippen molar-refractivity contribution in [3.05, 3.63) is 0 Å². The second-order valence-electron chi connectivity index (χ2n) is 2.35. The molecule has 0 amide bonds. The van der Waals surface area contributed by atoms with Crippen LogP contribution in [-0.4, -0.2) is 42.3 Å². The Balaban J connectivity index is 2.07. The minimum atomic E-state index is 0.574. The van der Waals surface area contributed by atoms with E-state index in [0.29, 0.717) is 6.42 Å². The van der Waals surface area contributed by atoms with Crippen LogP contribution in [0.15, 0.2) is 0 Å². The van der Waals surface area contributed by atoms with E-state index < -0.39 is 0 Å². The second kappa shape index (κ2) is 4.74. The van der Waals surface area contributed by atoms with Gasteiger partial charge in [0.05, 0.1) is 0 Å². The zero-order chi connectivity index (χ0) is 7.23. The molecule has 0 spiro atoms. The van der Waals surface area contributed by atoms with E-state index in [1.807, 2.05) is 18.0 Å². The topological polar surface area (TPSA) is 20.3 Å². The van der Waals surface area contributed by atoms with Gasteiger partial charge in [-0.05, 0) is 0 Å². The van der Waals surface area contributed by atoms with Crippen molar-refractivity contribution in [1.29, 1.82) is 0 Å². The Labute approximate surface area is 66.0 Å². The van der Waals surface area contributed by atoms with E-state index in [1.165, 1.54) is 11.5 Å². The molecular formula is C7H12NOS. The highest BCUT2D eigenvalue weighted by molar-refractivity contribution is 7.99. The van der Waals surface area contributed by atoms with Gasteiger partial charge in [0.25, 0.3) is 0 Å². The van der Waals surface area contributed by atoms with Crippen LogP contribution < -0.4 is 0 Å². The molecule has 2 nitrogen and oxygen atoms in total. The maximum absolute atomic E-state index is 9.89. The molecule has 0 saturated carbocycles. The Morgan fingerprint density at radius 3 is 2.70 bits per heavy atom. The molecule has 1 heterocycles. The van der Waals surface area contributed by atoms with Crippen LogP contribution in [0.4, 0.5) is 0 Å². The Bertz CT molecular complexity index is 102. The van der Waals surface area contributed by atoms with Crippen molar-refractivity contribution < 1.29 is 4.79 Å². The van der Waals surface area contributed by atoms with E-state index in [-0.39, 0.29) is 0 Å². The largest absolute Gasteiger partial charge is 0.301 e. The Hall–Kier alpha value is -0.0200. The SMILES string of the molecule is O=[C]CCN1CCSCC1. The first-order valence-corrected chi connectivity index (χ1v) is 4.74. The minimum absolute atomic E-state index is 0.574. The molecule has 3 heteroatoms. The molecule has 1 aliphatic heterocycles. The molecular weight excluding hydrogens is 146 g/mol. The molecule has 0 bridgehead atoms. The van der Waals surface area contributed by atoms with E-state index in [9.17, 15) is 4.79 Å². The summed E-state index contributed by atoms with van der Waals surface area (Å²) in [6.07, 6.45) is 2.49. The van der Waals surface area contributed by atoms with Gasteiger partial charge < -0.3 is 4.90 Å². The van der Waals surface area contributed by atoms with E-state index in [4.69, 9.17) is 0 Å². The van der Waals surface area contributed by atoms with Gasteiger partial charge in [0, 0.05) is 37.6 Å². The first-order valence-electron chi connectivity index (χ1n) is 3.58. The van der Waals surface area contributed by atoms with Crippen LogP contribution in [0.2, 0.25) is 0 Å². The van der Waals surface area contributed by atoms with Crippen LogP contribution in [0, 0.1) is 0 Å². The lowest BCUT2D eigenvalue weighted by Crippen LogP contribution is -2.33. The molecule has 1 fully saturated rings. The first-order chi connectivity index (χ1) is 4.93. The van der Waals surface area contributed by atoms with Crippen molar-refractivity contribution in [2.24, 2.45) is 0 Å². The van der Waals surface area contributed by atoms with Gasteiger partial charge in [-0.15, -0.1) is 0 Å². The fourth-order valence-electron chi connectivity index (χ4n) is 1.03. The van der Waals surface area contributed by atoms with Crippen molar-refractivity contribution in [3.63, 3.8) is 0 Å². The molecule has 1 saturated heterocycles. The van der Waals surface area contributed by atoms with Crippen LogP contribution >= 0.6 is 11.8 Å². The third-order valence-corrected chi connectivity index (χ3v) is 2.58. The van der Waals surface area contributed by atoms with Gasteiger partial charge in [-0.2, -0.15) is 11.8 Å². The van der Waals surface area contributed by atoms with E-state index in [1.54, 1.807) is 0 Å². The van der Waals surface area contributed by atoms with E-state index >= 15 is 0 Å². The molecule has 10 heavy (non-hydrogen) atoms. The number of rotatable bonds is 3. The highest BCUT2D eigenvalue weighted by atomic mass is 32.2. The monoisotopic (exact) mass is 158 g/mol. The lowest BCUT2D eigenvalue weighted by molar-refractivity contribution is 0.310. The standard InChI is InChI=1S/C7H12NOS/c9-5-1-2-8-3-6-10-7-4-8/h1-4,6-7H2. The summed E-state index contributed by atoms with van der Waals surface area (Å²) in [6.45, 7) is 3.20. The molecule has 0 N–H and O–H groups in total. The zero-order valence-electron chi connectivity index (χ0n) is 6.01. The molecule has 0 aromatic heterocycles. The molecule has 1 rings (SSSR count). The van der Waals surface area contributed by atoms with E-state index in [2.05, 4.69) is 4.90 Å². The third-order valence-electron chi connectivity index (χ3n) is 1.63. The van der Waals surface area contributed by atoms with Gasteiger partial charge in [-0.25, -0.2) is 0 Å². The number of thioether (sulfide) groups is 1. The molecule has 0 unspecified atom stereocenters. The molecule has 1 aliphatic rings. The molecule has 0 aromatic carbocycles. The molecule has 0 atom stereocenters. The Kier molecular flexibility index (Phi) is 3.83. The molecule has 1 radical (unpaired) electrons. The smallest absolute Gasteiger partial charge is 0.199 e. The van der Waals surface area contributed by atoms with Gasteiger partial charge in [0.1, 0.15) is 0 Å². The summed E-state index contributed by atoms with van der Waals surface area (Å²) in [5, 5.41) is 0. The molecule has 57 valence electrons. The van der Waals surface area contributed by atoms with Crippen molar-refractivity contribution >= 4 is 18.0 Å². The fourth-order valence-corrected chi connectivity index (χ4v) is 2.01. The molecule has 0 aliphatic carbocycles. The summed E-state index contributed by atoms with van der Waals surface area (Å²) in [5.74, 6) is 2.44. The van der Waals surface area contributed by atoms with E-state index in [0.717, 1.165) is 19.6 Å². The van der Waals surface area contributed by atoms with Crippen molar-refractivity contribution in [2.75, 3.05) is 31.1 Å². The highest BCUT2D eigenvalue weighted by Gasteiger charge is 2.08. The summed E-state index contributed by atoms with van der Waals surface area (Å²) < 4.78 is 0. The summed E-state index contributed by atoms with van der Waals surface area (Å²) in [5.41, 5.74) is 0. The lowest BCUT2D eigenvalue weighted by Gasteiger charge is -2.24. The Morgan fingerprint density at radius 2 is 2.10 bits per heavy atom. The van der Waals surface area contributed by atoms with Crippen molar-refractivity contribution in [1.82, 2.24) is 4.90 Å². The summed E-state index contributed by atoms with van der Waals surface area (Å²) in [6, 6.07) is 0. The quantitative estimate of drug-likeness (QED) is 0.598. The van der Waals surface area contributed by atoms with Gasteiger partial charge in [0.15, 0.2) is 6.29 Å². The minimum Gasteiger partial charge on any atom is -0.301 e. The van der Waals surface area contributed by atoms with Gasteiger partial charge in [0.2, 0.25) is 0 Å². The third kappa shape index (κ3) is 2.71. The highest BCUT2D eigenvalue weighted by Crippen LogP contribution is 2.08. The van der Waals surface area contributed by atoms with Crippen LogP contribution in [0.5, 0.6) is 0 Å². The molecule has 0 aromatic rings. The van der Waals surface area contributed by atoms with Crippen LogP contribution in [-0.2, 0) is 4.79 Å². The van der Waals surface area contributed by atoms with Gasteiger partial charge in [-0.3, -0.25) is 4.79 Å². The fraction of sp³-hybridized carbons (Fsp3) is 0.857.